The van der Waals surface area contributed by atoms with Gasteiger partial charge in [-0.1, -0.05) is 0 Å². The molecule has 0 radical (unpaired) electrons. The Kier molecular flexibility index (Phi) is 1.71. The second kappa shape index (κ2) is 2.01. The normalized spacial score (nSPS) is 25.2. The molecule has 1 aliphatic rings. The van der Waals surface area contributed by atoms with Crippen molar-refractivity contribution >= 4 is 18.9 Å². The summed E-state index contributed by atoms with van der Waals surface area (Å²) in [7, 11) is -2.02. The first-order valence-electron chi connectivity index (χ1n) is 2.87. The second-order valence-corrected chi connectivity index (χ2v) is 7.53. The van der Waals surface area contributed by atoms with Crippen LogP contribution in [-0.4, -0.2) is 30.1 Å². The fraction of sp³-hybridized carbons (Fsp3) is 1.00. The average Bonchev–Trinajstić information content (AvgIpc) is 1.57. The van der Waals surface area contributed by atoms with E-state index in [-0.39, 0.29) is 5.28 Å². The van der Waals surface area contributed by atoms with Gasteiger partial charge in [0, 0.05) is 11.5 Å². The zero-order valence-electron chi connectivity index (χ0n) is 5.76. The molecule has 0 spiro atoms. The van der Waals surface area contributed by atoms with Crippen LogP contribution in [0.25, 0.3) is 0 Å². The van der Waals surface area contributed by atoms with Crippen LogP contribution in [0.3, 0.4) is 0 Å². The molecule has 9 heavy (non-hydrogen) atoms. The minimum Gasteiger partial charge on any atom is -0.322 e. The molecule has 0 aromatic rings. The van der Waals surface area contributed by atoms with Gasteiger partial charge in [-0.15, -0.1) is 0 Å². The minimum absolute atomic E-state index is 0.322. The predicted octanol–water partition coefficient (Wildman–Crippen LogP) is 1.01. The highest BCUT2D eigenvalue weighted by molar-refractivity contribution is 8.02. The molecule has 1 aliphatic heterocycles. The van der Waals surface area contributed by atoms with Gasteiger partial charge in [0.25, 0.3) is 0 Å². The van der Waals surface area contributed by atoms with E-state index in [4.69, 9.17) is 5.73 Å². The van der Waals surface area contributed by atoms with E-state index in [0.29, 0.717) is 0 Å². The highest BCUT2D eigenvalue weighted by Crippen LogP contribution is 2.55. The molecule has 0 amide bonds. The summed E-state index contributed by atoms with van der Waals surface area (Å²) >= 11 is 1.77. The molecule has 0 unspecified atom stereocenters. The molecule has 0 bridgehead atoms. The molecular formula is C5H12NOPS. The molecule has 0 aromatic heterocycles. The third-order valence-electron chi connectivity index (χ3n) is 1.78. The van der Waals surface area contributed by atoms with Crippen molar-refractivity contribution in [3.63, 3.8) is 0 Å². The van der Waals surface area contributed by atoms with E-state index in [1.807, 2.05) is 0 Å². The Bertz CT molecular complexity index is 160. The third-order valence-corrected chi connectivity index (χ3v) is 6.10. The highest BCUT2D eigenvalue weighted by Gasteiger charge is 2.43. The van der Waals surface area contributed by atoms with Gasteiger partial charge in [-0.25, -0.2) is 0 Å². The van der Waals surface area contributed by atoms with E-state index in [0.717, 1.165) is 11.5 Å². The number of nitrogens with two attached hydrogens (primary N) is 1. The highest BCUT2D eigenvalue weighted by atomic mass is 32.2. The Hall–Kier alpha value is 0.540. The molecule has 54 valence electrons. The molecule has 1 rings (SSSR count). The first-order chi connectivity index (χ1) is 3.96. The third kappa shape index (κ3) is 1.19. The second-order valence-electron chi connectivity index (χ2n) is 2.95. The molecule has 0 aromatic carbocycles. The van der Waals surface area contributed by atoms with Crippen LogP contribution in [0, 0.1) is 0 Å². The van der Waals surface area contributed by atoms with Crippen molar-refractivity contribution in [2.75, 3.05) is 24.8 Å². The van der Waals surface area contributed by atoms with Crippen molar-refractivity contribution in [1.82, 2.24) is 0 Å². The van der Waals surface area contributed by atoms with E-state index in [2.05, 4.69) is 0 Å². The van der Waals surface area contributed by atoms with Crippen LogP contribution in [-0.2, 0) is 4.57 Å². The van der Waals surface area contributed by atoms with Gasteiger partial charge in [0.05, 0.1) is 5.28 Å². The van der Waals surface area contributed by atoms with Crippen molar-refractivity contribution in [2.24, 2.45) is 5.73 Å². The first-order valence-corrected chi connectivity index (χ1v) is 6.63. The molecule has 2 nitrogen and oxygen atoms in total. The Morgan fingerprint density at radius 3 is 2.00 bits per heavy atom. The fourth-order valence-electron chi connectivity index (χ4n) is 0.622. The van der Waals surface area contributed by atoms with Crippen molar-refractivity contribution < 1.29 is 4.57 Å². The number of hydrogen-bond acceptors (Lipinski definition) is 3. The lowest BCUT2D eigenvalue weighted by Gasteiger charge is -2.40. The van der Waals surface area contributed by atoms with Crippen LogP contribution in [0.15, 0.2) is 0 Å². The summed E-state index contributed by atoms with van der Waals surface area (Å²) in [6, 6.07) is 0. The van der Waals surface area contributed by atoms with Crippen molar-refractivity contribution in [3.8, 4) is 0 Å². The monoisotopic (exact) mass is 165 g/mol. The smallest absolute Gasteiger partial charge is 0.102 e. The fourth-order valence-corrected chi connectivity index (χ4v) is 4.28. The number of thioether (sulfide) groups is 1. The molecule has 1 fully saturated rings. The molecule has 1 heterocycles. The van der Waals surface area contributed by atoms with E-state index in [1.54, 1.807) is 25.1 Å². The van der Waals surface area contributed by atoms with Gasteiger partial charge in [-0.2, -0.15) is 11.8 Å². The molecule has 0 saturated carbocycles. The molecule has 0 aliphatic carbocycles. The van der Waals surface area contributed by atoms with Crippen LogP contribution in [0.4, 0.5) is 0 Å². The number of hydrogen-bond donors (Lipinski definition) is 1. The van der Waals surface area contributed by atoms with Gasteiger partial charge in [0.2, 0.25) is 0 Å². The van der Waals surface area contributed by atoms with Gasteiger partial charge in [0.1, 0.15) is 7.14 Å². The summed E-state index contributed by atoms with van der Waals surface area (Å²) in [5, 5.41) is -0.322. The maximum absolute atomic E-state index is 11.4. The number of rotatable bonds is 1. The molecule has 1 saturated heterocycles. The summed E-state index contributed by atoms with van der Waals surface area (Å²) in [5.74, 6) is 1.74. The lowest BCUT2D eigenvalue weighted by Crippen LogP contribution is -2.51. The van der Waals surface area contributed by atoms with Crippen LogP contribution >= 0.6 is 18.9 Å². The van der Waals surface area contributed by atoms with Crippen molar-refractivity contribution in [3.05, 3.63) is 0 Å². The summed E-state index contributed by atoms with van der Waals surface area (Å²) < 4.78 is 11.4. The maximum Gasteiger partial charge on any atom is 0.102 e. The van der Waals surface area contributed by atoms with Gasteiger partial charge < -0.3 is 10.3 Å². The predicted molar refractivity (Wildman–Crippen MR) is 43.7 cm³/mol. The largest absolute Gasteiger partial charge is 0.322 e. The SMILES string of the molecule is CP(C)(=O)C1(N)CSC1. The summed E-state index contributed by atoms with van der Waals surface area (Å²) in [6.45, 7) is 3.54. The topological polar surface area (TPSA) is 43.1 Å². The molecular weight excluding hydrogens is 153 g/mol. The summed E-state index contributed by atoms with van der Waals surface area (Å²) in [4.78, 5) is 0. The minimum atomic E-state index is -2.02. The van der Waals surface area contributed by atoms with Gasteiger partial charge >= 0.3 is 0 Å². The van der Waals surface area contributed by atoms with Crippen molar-refractivity contribution in [1.29, 1.82) is 0 Å². The van der Waals surface area contributed by atoms with E-state index in [1.165, 1.54) is 0 Å². The van der Waals surface area contributed by atoms with E-state index < -0.39 is 7.14 Å². The van der Waals surface area contributed by atoms with Gasteiger partial charge in [-0.05, 0) is 13.3 Å². The average molecular weight is 165 g/mol. The van der Waals surface area contributed by atoms with Crippen LogP contribution in [0.5, 0.6) is 0 Å². The zero-order valence-corrected chi connectivity index (χ0v) is 7.47. The standard InChI is InChI=1S/C5H12NOPS/c1-8(2,7)5(6)3-9-4-5/h3-4,6H2,1-2H3. The Morgan fingerprint density at radius 2 is 2.00 bits per heavy atom. The summed E-state index contributed by atoms with van der Waals surface area (Å²) in [6.07, 6.45) is 0. The van der Waals surface area contributed by atoms with Crippen LogP contribution < -0.4 is 5.73 Å². The van der Waals surface area contributed by atoms with Gasteiger partial charge in [0.15, 0.2) is 0 Å². The van der Waals surface area contributed by atoms with Crippen LogP contribution in [0.1, 0.15) is 0 Å². The quantitative estimate of drug-likeness (QED) is 0.590. The zero-order chi connectivity index (χ0) is 7.12. The Balaban J connectivity index is 2.71. The van der Waals surface area contributed by atoms with E-state index >= 15 is 0 Å². The Labute approximate surface area is 59.9 Å². The lowest BCUT2D eigenvalue weighted by molar-refractivity contribution is 0.550. The maximum atomic E-state index is 11.4. The molecule has 2 N–H and O–H groups in total. The van der Waals surface area contributed by atoms with Crippen molar-refractivity contribution in [2.45, 2.75) is 5.28 Å². The lowest BCUT2D eigenvalue weighted by atomic mass is 10.4. The molecule has 0 atom stereocenters. The van der Waals surface area contributed by atoms with E-state index in [9.17, 15) is 4.57 Å². The summed E-state index contributed by atoms with van der Waals surface area (Å²) in [5.41, 5.74) is 5.80. The van der Waals surface area contributed by atoms with Crippen LogP contribution in [0.2, 0.25) is 0 Å². The van der Waals surface area contributed by atoms with Gasteiger partial charge in [-0.3, -0.25) is 0 Å². The Morgan fingerprint density at radius 1 is 1.56 bits per heavy atom. The first kappa shape index (κ1) is 7.64. The molecule has 4 heteroatoms.